The maximum Gasteiger partial charge on any atom is 0.210 e. The number of anilines is 2. The van der Waals surface area contributed by atoms with Crippen molar-refractivity contribution in [3.8, 4) is 11.5 Å². The fraction of sp³-hybridized carbons (Fsp3) is 0.400. The van der Waals surface area contributed by atoms with Crippen LogP contribution in [-0.2, 0) is 17.2 Å². The molecule has 5 aromatic heterocycles. The Morgan fingerprint density at radius 1 is 1.14 bits per heavy atom. The average Bonchev–Trinajstić information content (AvgIpc) is 3.62. The summed E-state index contributed by atoms with van der Waals surface area (Å²) >= 11 is 0. The van der Waals surface area contributed by atoms with Crippen molar-refractivity contribution >= 4 is 34.0 Å². The van der Waals surface area contributed by atoms with Crippen molar-refractivity contribution in [2.45, 2.75) is 45.6 Å². The molecule has 1 aliphatic heterocycles. The van der Waals surface area contributed by atoms with Gasteiger partial charge in [-0.2, -0.15) is 15.2 Å². The SMILES string of the molecule is Cc1n[nH]c2ncc(Oc3cnc4nc(Nc5cc(C(C)(C)C)n([C@H]6CCOC6)n5)n(C)c4c3)cc12. The number of nitrogens with one attached hydrogen (secondary N) is 2. The summed E-state index contributed by atoms with van der Waals surface area (Å²) in [6, 6.07) is 6.18. The number of nitrogens with zero attached hydrogens (tertiary/aromatic N) is 7. The first-order valence-corrected chi connectivity index (χ1v) is 12.0. The highest BCUT2D eigenvalue weighted by Gasteiger charge is 2.28. The quantitative estimate of drug-likeness (QED) is 0.371. The number of H-pyrrole nitrogens is 1. The predicted molar refractivity (Wildman–Crippen MR) is 136 cm³/mol. The van der Waals surface area contributed by atoms with E-state index in [0.717, 1.165) is 46.8 Å². The number of aryl methyl sites for hydroxylation is 2. The van der Waals surface area contributed by atoms with Gasteiger partial charge in [-0.15, -0.1) is 0 Å². The van der Waals surface area contributed by atoms with E-state index in [1.165, 1.54) is 0 Å². The highest BCUT2D eigenvalue weighted by Crippen LogP contribution is 2.32. The van der Waals surface area contributed by atoms with Gasteiger partial charge in [-0.1, -0.05) is 20.8 Å². The van der Waals surface area contributed by atoms with Crippen molar-refractivity contribution in [3.63, 3.8) is 0 Å². The van der Waals surface area contributed by atoms with Crippen LogP contribution < -0.4 is 10.1 Å². The van der Waals surface area contributed by atoms with E-state index in [2.05, 4.69) is 62.0 Å². The lowest BCUT2D eigenvalue weighted by Crippen LogP contribution is -2.22. The van der Waals surface area contributed by atoms with E-state index in [1.54, 1.807) is 12.4 Å². The van der Waals surface area contributed by atoms with Crippen LogP contribution in [0.5, 0.6) is 11.5 Å². The molecule has 11 heteroatoms. The van der Waals surface area contributed by atoms with Crippen molar-refractivity contribution in [1.29, 1.82) is 0 Å². The average molecular weight is 488 g/mol. The molecule has 0 aromatic carbocycles. The minimum Gasteiger partial charge on any atom is -0.454 e. The van der Waals surface area contributed by atoms with Gasteiger partial charge in [-0.25, -0.2) is 9.97 Å². The first-order valence-electron chi connectivity index (χ1n) is 12.0. The van der Waals surface area contributed by atoms with Crippen LogP contribution in [0.2, 0.25) is 0 Å². The Hall–Kier alpha value is -3.99. The topological polar surface area (TPSA) is 121 Å². The Kier molecular flexibility index (Phi) is 5.18. The Labute approximate surface area is 207 Å². The molecule has 5 aromatic rings. The molecule has 0 radical (unpaired) electrons. The summed E-state index contributed by atoms with van der Waals surface area (Å²) in [5, 5.41) is 16.3. The Morgan fingerprint density at radius 2 is 1.94 bits per heavy atom. The van der Waals surface area contributed by atoms with E-state index >= 15 is 0 Å². The molecule has 36 heavy (non-hydrogen) atoms. The van der Waals surface area contributed by atoms with Crippen molar-refractivity contribution in [2.24, 2.45) is 7.05 Å². The molecule has 6 rings (SSSR count). The number of pyridine rings is 2. The molecule has 1 atom stereocenters. The fourth-order valence-electron chi connectivity index (χ4n) is 4.54. The molecule has 1 saturated heterocycles. The predicted octanol–water partition coefficient (Wildman–Crippen LogP) is 4.54. The third kappa shape index (κ3) is 3.95. The Morgan fingerprint density at radius 3 is 2.72 bits per heavy atom. The minimum absolute atomic E-state index is 0.0530. The number of ether oxygens (including phenoxy) is 2. The Bertz CT molecular complexity index is 1570. The zero-order valence-corrected chi connectivity index (χ0v) is 21.0. The second-order valence-electron chi connectivity index (χ2n) is 10.2. The molecule has 0 bridgehead atoms. The van der Waals surface area contributed by atoms with Gasteiger partial charge in [0.15, 0.2) is 17.1 Å². The van der Waals surface area contributed by atoms with Gasteiger partial charge < -0.3 is 19.4 Å². The number of fused-ring (bicyclic) bond motifs is 2. The van der Waals surface area contributed by atoms with Crippen LogP contribution in [0.3, 0.4) is 0 Å². The first-order chi connectivity index (χ1) is 17.3. The van der Waals surface area contributed by atoms with Crippen LogP contribution in [0, 0.1) is 6.92 Å². The summed E-state index contributed by atoms with van der Waals surface area (Å²) in [5.41, 5.74) is 4.16. The van der Waals surface area contributed by atoms with Crippen molar-refractivity contribution in [2.75, 3.05) is 18.5 Å². The summed E-state index contributed by atoms with van der Waals surface area (Å²) in [7, 11) is 1.94. The van der Waals surface area contributed by atoms with Gasteiger partial charge in [-0.3, -0.25) is 9.78 Å². The summed E-state index contributed by atoms with van der Waals surface area (Å²) in [6.07, 6.45) is 4.29. The van der Waals surface area contributed by atoms with Crippen molar-refractivity contribution in [3.05, 3.63) is 42.0 Å². The minimum atomic E-state index is -0.0530. The number of imidazole rings is 1. The highest BCUT2D eigenvalue weighted by molar-refractivity contribution is 5.79. The van der Waals surface area contributed by atoms with E-state index in [1.807, 2.05) is 30.7 Å². The van der Waals surface area contributed by atoms with Gasteiger partial charge in [0.05, 0.1) is 36.3 Å². The molecule has 0 saturated carbocycles. The maximum absolute atomic E-state index is 6.06. The summed E-state index contributed by atoms with van der Waals surface area (Å²) in [5.74, 6) is 2.61. The summed E-state index contributed by atoms with van der Waals surface area (Å²) < 4.78 is 15.7. The number of aromatic nitrogens is 8. The zero-order chi connectivity index (χ0) is 25.0. The molecule has 2 N–H and O–H groups in total. The molecule has 0 spiro atoms. The van der Waals surface area contributed by atoms with Crippen LogP contribution in [-0.4, -0.2) is 52.7 Å². The lowest BCUT2D eigenvalue weighted by Gasteiger charge is -2.22. The molecule has 186 valence electrons. The monoisotopic (exact) mass is 487 g/mol. The third-order valence-corrected chi connectivity index (χ3v) is 6.53. The van der Waals surface area contributed by atoms with Crippen molar-refractivity contribution in [1.82, 2.24) is 39.5 Å². The third-order valence-electron chi connectivity index (χ3n) is 6.53. The van der Waals surface area contributed by atoms with Gasteiger partial charge in [0.1, 0.15) is 11.5 Å². The van der Waals surface area contributed by atoms with E-state index in [4.69, 9.17) is 14.6 Å². The number of hydrogen-bond acceptors (Lipinski definition) is 8. The van der Waals surface area contributed by atoms with Gasteiger partial charge in [0.2, 0.25) is 5.95 Å². The molecule has 11 nitrogen and oxygen atoms in total. The van der Waals surface area contributed by atoms with Crippen LogP contribution in [0.15, 0.2) is 30.6 Å². The Balaban J connectivity index is 1.29. The number of aromatic amines is 1. The number of rotatable bonds is 5. The lowest BCUT2D eigenvalue weighted by molar-refractivity contribution is 0.183. The summed E-state index contributed by atoms with van der Waals surface area (Å²) in [6.45, 7) is 9.97. The molecule has 1 aliphatic rings. The van der Waals surface area contributed by atoms with Gasteiger partial charge in [0.25, 0.3) is 0 Å². The second kappa shape index (κ2) is 8.30. The van der Waals surface area contributed by atoms with Gasteiger partial charge in [0, 0.05) is 42.3 Å². The largest absolute Gasteiger partial charge is 0.454 e. The van der Waals surface area contributed by atoms with E-state index in [-0.39, 0.29) is 11.5 Å². The van der Waals surface area contributed by atoms with Gasteiger partial charge >= 0.3 is 0 Å². The highest BCUT2D eigenvalue weighted by atomic mass is 16.5. The standard InChI is InChI=1S/C25H29N9O2/c1-14-18-8-16(11-26-22(18)31-30-14)36-17-9-19-23(27-12-17)29-24(33(19)5)28-21-10-20(25(2,3)4)34(32-21)15-6-7-35-13-15/h8-12,15H,6-7,13H2,1-5H3,(H,26,30,31)(H,27,28,29,32)/t15-/m0/s1. The molecular formula is C25H29N9O2. The summed E-state index contributed by atoms with van der Waals surface area (Å²) in [4.78, 5) is 13.6. The van der Waals surface area contributed by atoms with Crippen LogP contribution >= 0.6 is 0 Å². The lowest BCUT2D eigenvalue weighted by atomic mass is 9.91. The molecule has 1 fully saturated rings. The smallest absolute Gasteiger partial charge is 0.210 e. The van der Waals surface area contributed by atoms with Gasteiger partial charge in [-0.05, 0) is 19.4 Å². The van der Waals surface area contributed by atoms with Crippen molar-refractivity contribution < 1.29 is 9.47 Å². The fourth-order valence-corrected chi connectivity index (χ4v) is 4.54. The number of hydrogen-bond donors (Lipinski definition) is 2. The molecular weight excluding hydrogens is 458 g/mol. The van der Waals surface area contributed by atoms with Crippen LogP contribution in [0.4, 0.5) is 11.8 Å². The maximum atomic E-state index is 6.06. The normalized spacial score (nSPS) is 16.3. The van der Waals surface area contributed by atoms with Crippen LogP contribution in [0.1, 0.15) is 44.6 Å². The van der Waals surface area contributed by atoms with E-state index in [9.17, 15) is 0 Å². The molecule has 0 aliphatic carbocycles. The van der Waals surface area contributed by atoms with E-state index < -0.39 is 0 Å². The zero-order valence-electron chi connectivity index (χ0n) is 21.0. The van der Waals surface area contributed by atoms with Crippen LogP contribution in [0.25, 0.3) is 22.2 Å². The molecule has 0 amide bonds. The molecule has 0 unspecified atom stereocenters. The second-order valence-corrected chi connectivity index (χ2v) is 10.2. The first kappa shape index (κ1) is 22.5. The molecule has 6 heterocycles. The van der Waals surface area contributed by atoms with E-state index in [0.29, 0.717) is 29.7 Å².